The third-order valence-corrected chi connectivity index (χ3v) is 6.73. The molecule has 0 aliphatic heterocycles. The van der Waals surface area contributed by atoms with Crippen molar-refractivity contribution in [2.24, 2.45) is 5.73 Å². The smallest absolute Gasteiger partial charge is 0.265 e. The van der Waals surface area contributed by atoms with Gasteiger partial charge in [0.15, 0.2) is 0 Å². The maximum Gasteiger partial charge on any atom is 0.265 e. The van der Waals surface area contributed by atoms with E-state index < -0.39 is 17.5 Å². The number of nitrogens with one attached hydrogen (secondary N) is 1. The van der Waals surface area contributed by atoms with E-state index in [0.29, 0.717) is 10.6 Å². The van der Waals surface area contributed by atoms with Gasteiger partial charge in [-0.3, -0.25) is 9.59 Å². The number of anilines is 1. The molecule has 1 aliphatic carbocycles. The van der Waals surface area contributed by atoms with Crippen LogP contribution in [0.2, 0.25) is 0 Å². The molecular formula is C25H25F2N3O2S. The third kappa shape index (κ3) is 5.83. The normalized spacial score (nSPS) is 18.0. The fourth-order valence-corrected chi connectivity index (χ4v) is 4.73. The molecule has 0 radical (unpaired) electrons. The monoisotopic (exact) mass is 469 g/mol. The fourth-order valence-electron chi connectivity index (χ4n) is 4.11. The first-order valence-corrected chi connectivity index (χ1v) is 11.7. The zero-order chi connectivity index (χ0) is 23.4. The van der Waals surface area contributed by atoms with Crippen molar-refractivity contribution in [2.45, 2.75) is 44.3 Å². The lowest BCUT2D eigenvalue weighted by atomic mass is 9.90. The molecule has 172 valence electrons. The highest BCUT2D eigenvalue weighted by molar-refractivity contribution is 7.12. The van der Waals surface area contributed by atoms with E-state index in [-0.39, 0.29) is 30.1 Å². The van der Waals surface area contributed by atoms with Crippen LogP contribution in [0.3, 0.4) is 0 Å². The van der Waals surface area contributed by atoms with Gasteiger partial charge in [-0.15, -0.1) is 11.3 Å². The van der Waals surface area contributed by atoms with Crippen LogP contribution in [0.5, 0.6) is 0 Å². The minimum absolute atomic E-state index is 0.0118. The highest BCUT2D eigenvalue weighted by atomic mass is 32.1. The van der Waals surface area contributed by atoms with Gasteiger partial charge in [-0.25, -0.2) is 8.78 Å². The molecule has 0 bridgehead atoms. The molecule has 0 spiro atoms. The number of benzene rings is 2. The van der Waals surface area contributed by atoms with Crippen LogP contribution in [0, 0.1) is 11.6 Å². The Kier molecular flexibility index (Phi) is 7.15. The van der Waals surface area contributed by atoms with Gasteiger partial charge in [0.05, 0.1) is 4.88 Å². The number of halogens is 2. The van der Waals surface area contributed by atoms with Gasteiger partial charge in [-0.1, -0.05) is 18.2 Å². The molecular weight excluding hydrogens is 444 g/mol. The van der Waals surface area contributed by atoms with E-state index in [2.05, 4.69) is 5.32 Å². The quantitative estimate of drug-likeness (QED) is 0.522. The molecule has 3 aromatic rings. The average Bonchev–Trinajstić information content (AvgIpc) is 3.33. The van der Waals surface area contributed by atoms with Crippen molar-refractivity contribution in [2.75, 3.05) is 5.32 Å². The van der Waals surface area contributed by atoms with E-state index in [4.69, 9.17) is 5.73 Å². The number of rotatable bonds is 6. The first-order chi connectivity index (χ1) is 15.9. The molecule has 0 atom stereocenters. The van der Waals surface area contributed by atoms with Crippen LogP contribution >= 0.6 is 11.3 Å². The molecule has 1 fully saturated rings. The molecule has 2 amide bonds. The van der Waals surface area contributed by atoms with Crippen LogP contribution in [0.25, 0.3) is 0 Å². The molecule has 2 aromatic carbocycles. The van der Waals surface area contributed by atoms with E-state index in [9.17, 15) is 18.4 Å². The van der Waals surface area contributed by atoms with Gasteiger partial charge in [0, 0.05) is 35.9 Å². The second-order valence-corrected chi connectivity index (χ2v) is 9.24. The molecule has 4 rings (SSSR count). The molecule has 0 unspecified atom stereocenters. The Morgan fingerprint density at radius 3 is 2.27 bits per heavy atom. The van der Waals surface area contributed by atoms with Crippen LogP contribution in [0.1, 0.15) is 51.3 Å². The largest absolute Gasteiger partial charge is 0.331 e. The van der Waals surface area contributed by atoms with Crippen LogP contribution in [0.4, 0.5) is 14.5 Å². The standard InChI is InChI=1S/C25H25F2N3O2S/c26-18-12-17(13-19(27)14-18)25(32)30(22-9-5-20(28)6-10-22)15-16-3-7-21(8-4-16)29-24(31)23-2-1-11-33-23/h1-4,7-8,11-14,20,22H,5-6,9-10,15,28H2,(H,29,31). The van der Waals surface area contributed by atoms with Gasteiger partial charge in [-0.05, 0) is 67.0 Å². The van der Waals surface area contributed by atoms with Crippen molar-refractivity contribution in [1.82, 2.24) is 4.90 Å². The fraction of sp³-hybridized carbons (Fsp3) is 0.280. The topological polar surface area (TPSA) is 75.4 Å². The van der Waals surface area contributed by atoms with E-state index in [1.54, 1.807) is 23.1 Å². The zero-order valence-corrected chi connectivity index (χ0v) is 18.8. The van der Waals surface area contributed by atoms with E-state index >= 15 is 0 Å². The molecule has 33 heavy (non-hydrogen) atoms. The van der Waals surface area contributed by atoms with Gasteiger partial charge in [0.2, 0.25) is 0 Å². The minimum atomic E-state index is -0.783. The number of carbonyl (C=O) groups excluding carboxylic acids is 2. The van der Waals surface area contributed by atoms with Crippen molar-refractivity contribution in [1.29, 1.82) is 0 Å². The zero-order valence-electron chi connectivity index (χ0n) is 18.0. The summed E-state index contributed by atoms with van der Waals surface area (Å²) in [5.74, 6) is -2.16. The SMILES string of the molecule is NC1CCC(N(Cc2ccc(NC(=O)c3cccs3)cc2)C(=O)c2cc(F)cc(F)c2)CC1. The van der Waals surface area contributed by atoms with Crippen LogP contribution in [-0.4, -0.2) is 28.8 Å². The molecule has 1 heterocycles. The number of hydrogen-bond acceptors (Lipinski definition) is 4. The van der Waals surface area contributed by atoms with Crippen molar-refractivity contribution in [3.8, 4) is 0 Å². The predicted molar refractivity (Wildman–Crippen MR) is 125 cm³/mol. The van der Waals surface area contributed by atoms with E-state index in [1.807, 2.05) is 23.6 Å². The minimum Gasteiger partial charge on any atom is -0.331 e. The van der Waals surface area contributed by atoms with Crippen LogP contribution in [0.15, 0.2) is 60.0 Å². The second kappa shape index (κ2) is 10.2. The summed E-state index contributed by atoms with van der Waals surface area (Å²) < 4.78 is 27.5. The summed E-state index contributed by atoms with van der Waals surface area (Å²) in [6.07, 6.45) is 3.05. The Balaban J connectivity index is 1.52. The van der Waals surface area contributed by atoms with Crippen LogP contribution < -0.4 is 11.1 Å². The maximum atomic E-state index is 13.8. The summed E-state index contributed by atoms with van der Waals surface area (Å²) in [5.41, 5.74) is 7.52. The first kappa shape index (κ1) is 23.1. The molecule has 5 nitrogen and oxygen atoms in total. The van der Waals surface area contributed by atoms with Gasteiger partial charge in [0.25, 0.3) is 11.8 Å². The Hall–Kier alpha value is -3.10. The Morgan fingerprint density at radius 1 is 1.00 bits per heavy atom. The lowest BCUT2D eigenvalue weighted by Crippen LogP contribution is -2.43. The average molecular weight is 470 g/mol. The lowest BCUT2D eigenvalue weighted by molar-refractivity contribution is 0.0605. The van der Waals surface area contributed by atoms with E-state index in [0.717, 1.165) is 49.4 Å². The predicted octanol–water partition coefficient (Wildman–Crippen LogP) is 5.19. The van der Waals surface area contributed by atoms with Gasteiger partial charge >= 0.3 is 0 Å². The summed E-state index contributed by atoms with van der Waals surface area (Å²) in [6, 6.07) is 13.7. The number of nitrogens with zero attached hydrogens (tertiary/aromatic N) is 1. The van der Waals surface area contributed by atoms with Crippen molar-refractivity contribution in [3.05, 3.63) is 87.6 Å². The van der Waals surface area contributed by atoms with Gasteiger partial charge in [0.1, 0.15) is 11.6 Å². The Labute approximate surface area is 195 Å². The molecule has 8 heteroatoms. The highest BCUT2D eigenvalue weighted by Gasteiger charge is 2.29. The third-order valence-electron chi connectivity index (χ3n) is 5.86. The number of carbonyl (C=O) groups is 2. The number of amides is 2. The molecule has 1 aromatic heterocycles. The van der Waals surface area contributed by atoms with Crippen molar-refractivity contribution < 1.29 is 18.4 Å². The van der Waals surface area contributed by atoms with Crippen LogP contribution in [-0.2, 0) is 6.54 Å². The lowest BCUT2D eigenvalue weighted by Gasteiger charge is -2.36. The summed E-state index contributed by atoms with van der Waals surface area (Å²) in [5, 5.41) is 4.69. The van der Waals surface area contributed by atoms with Crippen molar-refractivity contribution in [3.63, 3.8) is 0 Å². The second-order valence-electron chi connectivity index (χ2n) is 8.29. The molecule has 0 saturated heterocycles. The van der Waals surface area contributed by atoms with E-state index in [1.165, 1.54) is 11.3 Å². The summed E-state index contributed by atoms with van der Waals surface area (Å²) >= 11 is 1.36. The number of thiophene rings is 1. The van der Waals surface area contributed by atoms with Crippen molar-refractivity contribution >= 4 is 28.8 Å². The summed E-state index contributed by atoms with van der Waals surface area (Å²) in [7, 11) is 0. The first-order valence-electron chi connectivity index (χ1n) is 10.9. The maximum absolute atomic E-state index is 13.8. The number of nitrogens with two attached hydrogens (primary N) is 1. The number of hydrogen-bond donors (Lipinski definition) is 2. The Bertz CT molecular complexity index is 1090. The summed E-state index contributed by atoms with van der Waals surface area (Å²) in [4.78, 5) is 27.8. The summed E-state index contributed by atoms with van der Waals surface area (Å²) in [6.45, 7) is 0.288. The molecule has 1 aliphatic rings. The van der Waals surface area contributed by atoms with Gasteiger partial charge < -0.3 is 16.0 Å². The Morgan fingerprint density at radius 2 is 1.67 bits per heavy atom. The molecule has 3 N–H and O–H groups in total. The highest BCUT2D eigenvalue weighted by Crippen LogP contribution is 2.26. The molecule has 1 saturated carbocycles. The van der Waals surface area contributed by atoms with Gasteiger partial charge in [-0.2, -0.15) is 0 Å².